The number of carbonyl (C=O) groups excluding carboxylic acids is 3. The number of benzene rings is 2. The lowest BCUT2D eigenvalue weighted by molar-refractivity contribution is -0.384. The van der Waals surface area contributed by atoms with Gasteiger partial charge in [-0.2, -0.15) is 0 Å². The summed E-state index contributed by atoms with van der Waals surface area (Å²) in [4.78, 5) is 46.7. The second-order valence-electron chi connectivity index (χ2n) is 8.13. The molecule has 11 nitrogen and oxygen atoms in total. The highest BCUT2D eigenvalue weighted by molar-refractivity contribution is 5.86. The van der Waals surface area contributed by atoms with Crippen molar-refractivity contribution < 1.29 is 33.5 Å². The summed E-state index contributed by atoms with van der Waals surface area (Å²) in [5.74, 6) is -0.411. The molecule has 0 bridgehead atoms. The lowest BCUT2D eigenvalue weighted by Crippen LogP contribution is -2.49. The summed E-state index contributed by atoms with van der Waals surface area (Å²) in [5.41, 5.74) is -0.0365. The number of nitrogens with zero attached hydrogens (tertiary/aromatic N) is 1. The third kappa shape index (κ3) is 9.55. The second kappa shape index (κ2) is 12.2. The first kappa shape index (κ1) is 26.1. The number of carbonyl (C=O) groups is 3. The first-order valence-corrected chi connectivity index (χ1v) is 10.4. The first-order valence-electron chi connectivity index (χ1n) is 10.4. The smallest absolute Gasteiger partial charge is 0.444 e. The van der Waals surface area contributed by atoms with Gasteiger partial charge >= 0.3 is 12.2 Å². The van der Waals surface area contributed by atoms with Crippen LogP contribution in [0.1, 0.15) is 26.3 Å². The van der Waals surface area contributed by atoms with E-state index >= 15 is 0 Å². The molecule has 0 aliphatic rings. The Morgan fingerprint density at radius 3 is 2.26 bits per heavy atom. The average Bonchev–Trinajstić information content (AvgIpc) is 2.76. The maximum atomic E-state index is 12.7. The molecular weight excluding hydrogens is 446 g/mol. The number of nitrogens with one attached hydrogen (secondary N) is 2. The van der Waals surface area contributed by atoms with E-state index in [4.69, 9.17) is 14.2 Å². The number of nitro groups is 1. The SMILES string of the molecule is CC(C)(C)OC(=O)N[C@@H](Cc1ccccc1)C(=O)NCCOC(=O)Oc1ccc([N+](=O)[O-])cc1. The molecule has 2 rings (SSSR count). The van der Waals surface area contributed by atoms with Crippen LogP contribution in [-0.2, 0) is 20.7 Å². The molecule has 0 saturated carbocycles. The molecule has 2 aromatic carbocycles. The van der Waals surface area contributed by atoms with E-state index in [1.807, 2.05) is 30.3 Å². The Morgan fingerprint density at radius 1 is 1.03 bits per heavy atom. The number of hydrogen-bond donors (Lipinski definition) is 2. The topological polar surface area (TPSA) is 146 Å². The number of non-ortho nitro benzene ring substituents is 1. The van der Waals surface area contributed by atoms with Crippen LogP contribution in [0.3, 0.4) is 0 Å². The van der Waals surface area contributed by atoms with Crippen molar-refractivity contribution in [1.82, 2.24) is 10.6 Å². The Hall–Kier alpha value is -4.15. The van der Waals surface area contributed by atoms with Crippen molar-refractivity contribution in [2.45, 2.75) is 38.8 Å². The van der Waals surface area contributed by atoms with Crippen LogP contribution in [0.25, 0.3) is 0 Å². The fourth-order valence-corrected chi connectivity index (χ4v) is 2.70. The highest BCUT2D eigenvalue weighted by atomic mass is 16.7. The Kier molecular flexibility index (Phi) is 9.36. The molecule has 0 radical (unpaired) electrons. The predicted octanol–water partition coefficient (Wildman–Crippen LogP) is 3.36. The largest absolute Gasteiger partial charge is 0.513 e. The molecule has 2 N–H and O–H groups in total. The summed E-state index contributed by atoms with van der Waals surface area (Å²) >= 11 is 0. The van der Waals surface area contributed by atoms with E-state index in [2.05, 4.69) is 10.6 Å². The van der Waals surface area contributed by atoms with Crippen molar-refractivity contribution in [2.75, 3.05) is 13.2 Å². The molecule has 0 fully saturated rings. The van der Waals surface area contributed by atoms with Crippen LogP contribution in [0.5, 0.6) is 5.75 Å². The van der Waals surface area contributed by atoms with E-state index in [-0.39, 0.29) is 31.0 Å². The minimum absolute atomic E-state index is 0.0323. The molecular formula is C23H27N3O8. The fourth-order valence-electron chi connectivity index (χ4n) is 2.70. The minimum Gasteiger partial charge on any atom is -0.444 e. The second-order valence-corrected chi connectivity index (χ2v) is 8.13. The van der Waals surface area contributed by atoms with Gasteiger partial charge in [0.2, 0.25) is 5.91 Å². The fraction of sp³-hybridized carbons (Fsp3) is 0.348. The third-order valence-electron chi connectivity index (χ3n) is 4.16. The third-order valence-corrected chi connectivity index (χ3v) is 4.16. The zero-order chi connectivity index (χ0) is 25.1. The highest BCUT2D eigenvalue weighted by Crippen LogP contribution is 2.17. The summed E-state index contributed by atoms with van der Waals surface area (Å²) in [6.07, 6.45) is -1.53. The van der Waals surface area contributed by atoms with Gasteiger partial charge in [0.15, 0.2) is 0 Å². The standard InChI is InChI=1S/C23H27N3O8/c1-23(2,3)34-21(28)25-19(15-16-7-5-4-6-8-16)20(27)24-13-14-32-22(29)33-18-11-9-17(10-12-18)26(30)31/h4-12,19H,13-15H2,1-3H3,(H,24,27)(H,25,28)/t19-/m0/s1. The molecule has 0 saturated heterocycles. The van der Waals surface area contributed by atoms with Crippen LogP contribution in [0.4, 0.5) is 15.3 Å². The van der Waals surface area contributed by atoms with Crippen LogP contribution in [0.2, 0.25) is 0 Å². The first-order chi connectivity index (χ1) is 16.0. The van der Waals surface area contributed by atoms with Gasteiger partial charge < -0.3 is 24.8 Å². The van der Waals surface area contributed by atoms with Crippen molar-refractivity contribution >= 4 is 23.8 Å². The van der Waals surface area contributed by atoms with Crippen LogP contribution in [-0.4, -0.2) is 47.9 Å². The van der Waals surface area contributed by atoms with Gasteiger partial charge in [-0.1, -0.05) is 30.3 Å². The van der Waals surface area contributed by atoms with E-state index in [0.29, 0.717) is 0 Å². The van der Waals surface area contributed by atoms with Gasteiger partial charge in [0, 0.05) is 18.6 Å². The van der Waals surface area contributed by atoms with Crippen LogP contribution in [0, 0.1) is 10.1 Å². The molecule has 2 aromatic rings. The van der Waals surface area contributed by atoms with Gasteiger partial charge in [-0.3, -0.25) is 14.9 Å². The van der Waals surface area contributed by atoms with Gasteiger partial charge in [0.25, 0.3) is 5.69 Å². The maximum absolute atomic E-state index is 12.7. The number of rotatable bonds is 9. The van der Waals surface area contributed by atoms with Crippen molar-refractivity contribution in [1.29, 1.82) is 0 Å². The molecule has 2 amide bonds. The molecule has 0 unspecified atom stereocenters. The number of ether oxygens (including phenoxy) is 3. The molecule has 0 aromatic heterocycles. The molecule has 34 heavy (non-hydrogen) atoms. The lowest BCUT2D eigenvalue weighted by Gasteiger charge is -2.23. The Labute approximate surface area is 196 Å². The summed E-state index contributed by atoms with van der Waals surface area (Å²) < 4.78 is 15.0. The van der Waals surface area contributed by atoms with Crippen molar-refractivity contribution in [3.63, 3.8) is 0 Å². The zero-order valence-corrected chi connectivity index (χ0v) is 19.1. The van der Waals surface area contributed by atoms with E-state index < -0.39 is 34.7 Å². The minimum atomic E-state index is -1.03. The molecule has 0 spiro atoms. The average molecular weight is 473 g/mol. The van der Waals surface area contributed by atoms with Crippen LogP contribution >= 0.6 is 0 Å². The lowest BCUT2D eigenvalue weighted by atomic mass is 10.1. The summed E-state index contributed by atoms with van der Waals surface area (Å²) in [6, 6.07) is 13.1. The van der Waals surface area contributed by atoms with Gasteiger partial charge in [-0.15, -0.1) is 0 Å². The van der Waals surface area contributed by atoms with Crippen molar-refractivity contribution in [3.05, 3.63) is 70.3 Å². The molecule has 0 heterocycles. The Balaban J connectivity index is 1.84. The van der Waals surface area contributed by atoms with E-state index in [1.54, 1.807) is 20.8 Å². The number of alkyl carbamates (subject to hydrolysis) is 1. The molecule has 182 valence electrons. The molecule has 1 atom stereocenters. The van der Waals surface area contributed by atoms with E-state index in [0.717, 1.165) is 5.56 Å². The molecule has 0 aliphatic carbocycles. The van der Waals surface area contributed by atoms with E-state index in [1.165, 1.54) is 24.3 Å². The van der Waals surface area contributed by atoms with Gasteiger partial charge in [-0.25, -0.2) is 9.59 Å². The summed E-state index contributed by atoms with van der Waals surface area (Å²) in [6.45, 7) is 4.92. The predicted molar refractivity (Wildman–Crippen MR) is 121 cm³/mol. The van der Waals surface area contributed by atoms with Crippen molar-refractivity contribution in [2.24, 2.45) is 0 Å². The quantitative estimate of drug-likeness (QED) is 0.185. The number of amides is 2. The van der Waals surface area contributed by atoms with Gasteiger partial charge in [0.1, 0.15) is 24.0 Å². The molecule has 11 heteroatoms. The highest BCUT2D eigenvalue weighted by Gasteiger charge is 2.24. The van der Waals surface area contributed by atoms with Gasteiger partial charge in [-0.05, 0) is 38.5 Å². The monoisotopic (exact) mass is 473 g/mol. The summed E-state index contributed by atoms with van der Waals surface area (Å²) in [7, 11) is 0. The van der Waals surface area contributed by atoms with Gasteiger partial charge in [0.05, 0.1) is 11.5 Å². The summed E-state index contributed by atoms with van der Waals surface area (Å²) in [5, 5.41) is 15.8. The number of nitro benzene ring substituents is 1. The van der Waals surface area contributed by atoms with Crippen LogP contribution < -0.4 is 15.4 Å². The Bertz CT molecular complexity index is 988. The van der Waals surface area contributed by atoms with Crippen LogP contribution in [0.15, 0.2) is 54.6 Å². The number of hydrogen-bond acceptors (Lipinski definition) is 8. The maximum Gasteiger partial charge on any atom is 0.513 e. The normalized spacial score (nSPS) is 11.6. The zero-order valence-electron chi connectivity index (χ0n) is 19.1. The Morgan fingerprint density at radius 2 is 1.68 bits per heavy atom. The van der Waals surface area contributed by atoms with E-state index in [9.17, 15) is 24.5 Å². The van der Waals surface area contributed by atoms with Crippen molar-refractivity contribution in [3.8, 4) is 5.75 Å². The molecule has 0 aliphatic heterocycles.